The summed E-state index contributed by atoms with van der Waals surface area (Å²) in [5, 5.41) is 4.75. The third kappa shape index (κ3) is 3.38. The van der Waals surface area contributed by atoms with Crippen LogP contribution in [0.4, 0.5) is 0 Å². The molecule has 2 aliphatic rings. The molecule has 1 aliphatic carbocycles. The van der Waals surface area contributed by atoms with E-state index in [0.29, 0.717) is 18.2 Å². The second kappa shape index (κ2) is 5.74. The van der Waals surface area contributed by atoms with Gasteiger partial charge in [0.1, 0.15) is 0 Å². The molecule has 1 heterocycles. The molecule has 3 heteroatoms. The van der Waals surface area contributed by atoms with Crippen molar-refractivity contribution in [3.05, 3.63) is 0 Å². The average molecular weight is 243 g/mol. The molecule has 0 spiro atoms. The van der Waals surface area contributed by atoms with E-state index < -0.39 is 0 Å². The first-order chi connectivity index (χ1) is 7.67. The van der Waals surface area contributed by atoms with Crippen molar-refractivity contribution in [3.8, 4) is 0 Å². The molecule has 2 fully saturated rings. The lowest BCUT2D eigenvalue weighted by Crippen LogP contribution is -2.45. The number of hydrogen-bond acceptors (Lipinski definition) is 3. The van der Waals surface area contributed by atoms with Crippen LogP contribution >= 0.6 is 11.8 Å². The van der Waals surface area contributed by atoms with Crippen LogP contribution < -0.4 is 5.32 Å². The topological polar surface area (TPSA) is 21.3 Å². The largest absolute Gasteiger partial charge is 0.375 e. The van der Waals surface area contributed by atoms with Crippen LogP contribution in [0.1, 0.15) is 46.0 Å². The van der Waals surface area contributed by atoms with Crippen molar-refractivity contribution in [2.45, 2.75) is 75.5 Å². The number of nitrogens with one attached hydrogen (secondary N) is 1. The molecule has 4 atom stereocenters. The lowest BCUT2D eigenvalue weighted by Gasteiger charge is -2.34. The smallest absolute Gasteiger partial charge is 0.0565 e. The van der Waals surface area contributed by atoms with Gasteiger partial charge >= 0.3 is 0 Å². The van der Waals surface area contributed by atoms with Crippen LogP contribution in [-0.2, 0) is 4.74 Å². The van der Waals surface area contributed by atoms with Gasteiger partial charge in [0.25, 0.3) is 0 Å². The molecule has 1 saturated carbocycles. The highest BCUT2D eigenvalue weighted by Crippen LogP contribution is 2.29. The SMILES string of the molecule is CSC1CCC(NC2CC(C)OC(C)C2)C1. The molecule has 0 radical (unpaired) electrons. The molecular weight excluding hydrogens is 218 g/mol. The van der Waals surface area contributed by atoms with Gasteiger partial charge in [0.15, 0.2) is 0 Å². The fraction of sp³-hybridized carbons (Fsp3) is 1.00. The maximum absolute atomic E-state index is 5.78. The van der Waals surface area contributed by atoms with Gasteiger partial charge in [-0.3, -0.25) is 0 Å². The summed E-state index contributed by atoms with van der Waals surface area (Å²) in [5.41, 5.74) is 0. The van der Waals surface area contributed by atoms with E-state index in [-0.39, 0.29) is 0 Å². The summed E-state index contributed by atoms with van der Waals surface area (Å²) in [4.78, 5) is 0. The van der Waals surface area contributed by atoms with Crippen molar-refractivity contribution >= 4 is 11.8 Å². The van der Waals surface area contributed by atoms with Gasteiger partial charge < -0.3 is 10.1 Å². The van der Waals surface area contributed by atoms with Gasteiger partial charge in [-0.1, -0.05) is 0 Å². The molecule has 0 aromatic rings. The Morgan fingerprint density at radius 1 is 1.00 bits per heavy atom. The molecule has 94 valence electrons. The number of hydrogen-bond donors (Lipinski definition) is 1. The van der Waals surface area contributed by atoms with E-state index in [4.69, 9.17) is 4.74 Å². The normalized spacial score (nSPS) is 44.8. The standard InChI is InChI=1S/C13H25NOS/c1-9-6-12(7-10(2)15-9)14-11-4-5-13(8-11)16-3/h9-14H,4-8H2,1-3H3. The van der Waals surface area contributed by atoms with Gasteiger partial charge in [-0.25, -0.2) is 0 Å². The van der Waals surface area contributed by atoms with E-state index >= 15 is 0 Å². The molecule has 4 unspecified atom stereocenters. The molecule has 1 saturated heterocycles. The number of thioether (sulfide) groups is 1. The highest BCUT2D eigenvalue weighted by molar-refractivity contribution is 7.99. The summed E-state index contributed by atoms with van der Waals surface area (Å²) in [6.07, 6.45) is 9.60. The minimum absolute atomic E-state index is 0.430. The minimum atomic E-state index is 0.430. The van der Waals surface area contributed by atoms with Crippen molar-refractivity contribution in [2.24, 2.45) is 0 Å². The summed E-state index contributed by atoms with van der Waals surface area (Å²) in [6, 6.07) is 1.45. The van der Waals surface area contributed by atoms with Crippen molar-refractivity contribution in [2.75, 3.05) is 6.26 Å². The predicted molar refractivity (Wildman–Crippen MR) is 71.1 cm³/mol. The first kappa shape index (κ1) is 12.7. The summed E-state index contributed by atoms with van der Waals surface area (Å²) >= 11 is 2.03. The van der Waals surface area contributed by atoms with Crippen LogP contribution in [0.5, 0.6) is 0 Å². The van der Waals surface area contributed by atoms with Gasteiger partial charge in [-0.2, -0.15) is 11.8 Å². The summed E-state index contributed by atoms with van der Waals surface area (Å²) in [5.74, 6) is 0. The van der Waals surface area contributed by atoms with Crippen LogP contribution in [0.2, 0.25) is 0 Å². The summed E-state index contributed by atoms with van der Waals surface area (Å²) in [6.45, 7) is 4.40. The third-order valence-corrected chi connectivity index (χ3v) is 4.98. The zero-order chi connectivity index (χ0) is 11.5. The molecule has 1 N–H and O–H groups in total. The van der Waals surface area contributed by atoms with Crippen molar-refractivity contribution in [3.63, 3.8) is 0 Å². The second-order valence-electron chi connectivity index (χ2n) is 5.46. The molecular formula is C13H25NOS. The Hall–Kier alpha value is 0.270. The monoisotopic (exact) mass is 243 g/mol. The molecule has 2 nitrogen and oxygen atoms in total. The van der Waals surface area contributed by atoms with Gasteiger partial charge in [0.05, 0.1) is 12.2 Å². The quantitative estimate of drug-likeness (QED) is 0.823. The Kier molecular flexibility index (Phi) is 4.57. The van der Waals surface area contributed by atoms with E-state index in [9.17, 15) is 0 Å². The Morgan fingerprint density at radius 3 is 2.25 bits per heavy atom. The molecule has 0 amide bonds. The Morgan fingerprint density at radius 2 is 1.69 bits per heavy atom. The third-order valence-electron chi connectivity index (χ3n) is 3.89. The van der Waals surface area contributed by atoms with Crippen molar-refractivity contribution < 1.29 is 4.74 Å². The van der Waals surface area contributed by atoms with Gasteiger partial charge in [0.2, 0.25) is 0 Å². The minimum Gasteiger partial charge on any atom is -0.375 e. The fourth-order valence-electron chi connectivity index (χ4n) is 3.18. The predicted octanol–water partition coefficient (Wildman–Crippen LogP) is 2.82. The van der Waals surface area contributed by atoms with Crippen LogP contribution in [0.25, 0.3) is 0 Å². The fourth-order valence-corrected chi connectivity index (χ4v) is 3.98. The summed E-state index contributed by atoms with van der Waals surface area (Å²) < 4.78 is 5.78. The Labute approximate surface area is 104 Å². The van der Waals surface area contributed by atoms with Crippen LogP contribution in [0.15, 0.2) is 0 Å². The Bertz CT molecular complexity index is 214. The van der Waals surface area contributed by atoms with E-state index in [0.717, 1.165) is 11.3 Å². The number of ether oxygens (including phenoxy) is 1. The summed E-state index contributed by atoms with van der Waals surface area (Å²) in [7, 11) is 0. The van der Waals surface area contributed by atoms with E-state index in [1.165, 1.54) is 32.1 Å². The molecule has 16 heavy (non-hydrogen) atoms. The van der Waals surface area contributed by atoms with Crippen LogP contribution in [-0.4, -0.2) is 35.8 Å². The Balaban J connectivity index is 1.77. The maximum atomic E-state index is 5.78. The first-order valence-corrected chi connectivity index (χ1v) is 7.90. The van der Waals surface area contributed by atoms with Gasteiger partial charge in [0, 0.05) is 17.3 Å². The van der Waals surface area contributed by atoms with Crippen LogP contribution in [0.3, 0.4) is 0 Å². The second-order valence-corrected chi connectivity index (χ2v) is 6.60. The van der Waals surface area contributed by atoms with Gasteiger partial charge in [-0.05, 0) is 52.2 Å². The van der Waals surface area contributed by atoms with Crippen molar-refractivity contribution in [1.82, 2.24) is 5.32 Å². The average Bonchev–Trinajstić information content (AvgIpc) is 2.64. The maximum Gasteiger partial charge on any atom is 0.0565 e. The molecule has 0 bridgehead atoms. The molecule has 1 aliphatic heterocycles. The van der Waals surface area contributed by atoms with Crippen molar-refractivity contribution in [1.29, 1.82) is 0 Å². The van der Waals surface area contributed by atoms with E-state index in [1.807, 2.05) is 11.8 Å². The molecule has 2 rings (SSSR count). The highest BCUT2D eigenvalue weighted by Gasteiger charge is 2.29. The van der Waals surface area contributed by atoms with E-state index in [2.05, 4.69) is 25.4 Å². The first-order valence-electron chi connectivity index (χ1n) is 6.61. The highest BCUT2D eigenvalue weighted by atomic mass is 32.2. The zero-order valence-electron chi connectivity index (χ0n) is 10.7. The van der Waals surface area contributed by atoms with Crippen LogP contribution in [0, 0.1) is 0 Å². The van der Waals surface area contributed by atoms with Gasteiger partial charge in [-0.15, -0.1) is 0 Å². The number of rotatable bonds is 3. The lowest BCUT2D eigenvalue weighted by molar-refractivity contribution is -0.0434. The lowest BCUT2D eigenvalue weighted by atomic mass is 9.99. The van der Waals surface area contributed by atoms with E-state index in [1.54, 1.807) is 0 Å². The zero-order valence-corrected chi connectivity index (χ0v) is 11.6. The molecule has 0 aromatic carbocycles. The molecule has 0 aromatic heterocycles.